The van der Waals surface area contributed by atoms with Gasteiger partial charge in [0.25, 0.3) is 0 Å². The predicted octanol–water partition coefficient (Wildman–Crippen LogP) is 3.41. The fraction of sp³-hybridized carbons (Fsp3) is 0.421. The number of hydrogen-bond donors (Lipinski definition) is 3. The van der Waals surface area contributed by atoms with Gasteiger partial charge in [0.2, 0.25) is 0 Å². The highest BCUT2D eigenvalue weighted by molar-refractivity contribution is 14.0. The largest absolute Gasteiger partial charge is 0.380 e. The number of nitrogens with zero attached hydrogens (tertiary/aromatic N) is 2. The molecule has 0 amide bonds. The summed E-state index contributed by atoms with van der Waals surface area (Å²) >= 11 is 0. The zero-order valence-electron chi connectivity index (χ0n) is 15.3. The van der Waals surface area contributed by atoms with Crippen LogP contribution in [0.3, 0.4) is 0 Å². The lowest BCUT2D eigenvalue weighted by molar-refractivity contribution is 0.512. The molecule has 3 N–H and O–H groups in total. The van der Waals surface area contributed by atoms with Gasteiger partial charge in [-0.05, 0) is 30.2 Å². The number of anilines is 1. The average Bonchev–Trinajstić information content (AvgIpc) is 3.10. The molecule has 1 heterocycles. The monoisotopic (exact) mass is 455 g/mol. The number of aliphatic imine (C=N–C) groups is 1. The standard InChI is InChI=1S/C19H29N5.HI/c1-16(2)18(23-17-9-5-4-6-10-17)15-22-19(20-3)21-11-14-24-12-7-8-13-24;/h4-10,12-13,16,18,23H,11,14-15H2,1-3H3,(H2,20,21,22);1H. The average molecular weight is 455 g/mol. The van der Waals surface area contributed by atoms with Gasteiger partial charge < -0.3 is 20.5 Å². The number of nitrogens with one attached hydrogen (secondary N) is 3. The first-order valence-corrected chi connectivity index (χ1v) is 8.56. The van der Waals surface area contributed by atoms with Crippen LogP contribution in [-0.2, 0) is 6.54 Å². The maximum Gasteiger partial charge on any atom is 0.191 e. The Morgan fingerprint density at radius 3 is 2.32 bits per heavy atom. The molecule has 1 unspecified atom stereocenters. The lowest BCUT2D eigenvalue weighted by Crippen LogP contribution is -2.45. The smallest absolute Gasteiger partial charge is 0.191 e. The van der Waals surface area contributed by atoms with E-state index in [-0.39, 0.29) is 24.0 Å². The molecule has 1 aromatic heterocycles. The Labute approximate surface area is 168 Å². The minimum Gasteiger partial charge on any atom is -0.380 e. The van der Waals surface area contributed by atoms with Crippen molar-refractivity contribution in [3.8, 4) is 0 Å². The minimum atomic E-state index is 0. The van der Waals surface area contributed by atoms with Crippen LogP contribution in [0.4, 0.5) is 5.69 Å². The summed E-state index contributed by atoms with van der Waals surface area (Å²) in [5, 5.41) is 10.4. The van der Waals surface area contributed by atoms with Crippen LogP contribution >= 0.6 is 24.0 Å². The Morgan fingerprint density at radius 1 is 1.04 bits per heavy atom. The lowest BCUT2D eigenvalue weighted by Gasteiger charge is -2.25. The van der Waals surface area contributed by atoms with E-state index in [1.807, 2.05) is 18.2 Å². The van der Waals surface area contributed by atoms with Gasteiger partial charge in [-0.25, -0.2) is 0 Å². The van der Waals surface area contributed by atoms with E-state index in [9.17, 15) is 0 Å². The quantitative estimate of drug-likeness (QED) is 0.325. The molecule has 0 saturated heterocycles. The van der Waals surface area contributed by atoms with Gasteiger partial charge >= 0.3 is 0 Å². The molecule has 6 heteroatoms. The van der Waals surface area contributed by atoms with Crippen molar-refractivity contribution < 1.29 is 0 Å². The van der Waals surface area contributed by atoms with E-state index in [1.165, 1.54) is 0 Å². The number of rotatable bonds is 8. The van der Waals surface area contributed by atoms with Crippen LogP contribution in [0.25, 0.3) is 0 Å². The summed E-state index contributed by atoms with van der Waals surface area (Å²) in [5.74, 6) is 1.35. The van der Waals surface area contributed by atoms with Gasteiger partial charge in [0.05, 0.1) is 0 Å². The Bertz CT molecular complexity index is 596. The van der Waals surface area contributed by atoms with Gasteiger partial charge in [0, 0.05) is 50.8 Å². The summed E-state index contributed by atoms with van der Waals surface area (Å²) in [4.78, 5) is 4.30. The van der Waals surface area contributed by atoms with Crippen LogP contribution < -0.4 is 16.0 Å². The highest BCUT2D eigenvalue weighted by Gasteiger charge is 2.13. The number of para-hydroxylation sites is 1. The summed E-state index contributed by atoms with van der Waals surface area (Å²) < 4.78 is 2.15. The van der Waals surface area contributed by atoms with E-state index in [2.05, 4.69) is 76.0 Å². The Kier molecular flexibility index (Phi) is 10.1. The SMILES string of the molecule is CN=C(NCCn1cccc1)NCC(Nc1ccccc1)C(C)C.I. The molecule has 0 spiro atoms. The fourth-order valence-electron chi connectivity index (χ4n) is 2.45. The molecule has 2 rings (SSSR count). The molecule has 1 atom stereocenters. The van der Waals surface area contributed by atoms with Crippen LogP contribution in [0.5, 0.6) is 0 Å². The second kappa shape index (κ2) is 11.8. The molecule has 0 bridgehead atoms. The molecular formula is C19H30IN5. The van der Waals surface area contributed by atoms with E-state index in [0.29, 0.717) is 12.0 Å². The molecule has 5 nitrogen and oxygen atoms in total. The molecule has 0 fully saturated rings. The fourth-order valence-corrected chi connectivity index (χ4v) is 2.45. The van der Waals surface area contributed by atoms with Crippen LogP contribution in [-0.4, -0.2) is 36.7 Å². The maximum absolute atomic E-state index is 4.30. The van der Waals surface area contributed by atoms with Crippen molar-refractivity contribution in [3.63, 3.8) is 0 Å². The van der Waals surface area contributed by atoms with Crippen LogP contribution in [0.1, 0.15) is 13.8 Å². The molecule has 2 aromatic rings. The van der Waals surface area contributed by atoms with E-state index >= 15 is 0 Å². The predicted molar refractivity (Wildman–Crippen MR) is 118 cm³/mol. The zero-order valence-corrected chi connectivity index (χ0v) is 17.6. The molecule has 0 aliphatic carbocycles. The van der Waals surface area contributed by atoms with Crippen molar-refractivity contribution in [2.24, 2.45) is 10.9 Å². The Hall–Kier alpha value is -1.70. The van der Waals surface area contributed by atoms with E-state index in [1.54, 1.807) is 7.05 Å². The topological polar surface area (TPSA) is 53.4 Å². The summed E-state index contributed by atoms with van der Waals surface area (Å²) in [7, 11) is 1.81. The van der Waals surface area contributed by atoms with Crippen molar-refractivity contribution in [3.05, 3.63) is 54.9 Å². The number of hydrogen-bond acceptors (Lipinski definition) is 2. The van der Waals surface area contributed by atoms with Crippen molar-refractivity contribution in [1.29, 1.82) is 0 Å². The highest BCUT2D eigenvalue weighted by Crippen LogP contribution is 2.11. The Morgan fingerprint density at radius 2 is 1.72 bits per heavy atom. The third kappa shape index (κ3) is 7.81. The molecule has 0 saturated carbocycles. The zero-order chi connectivity index (χ0) is 17.2. The second-order valence-electron chi connectivity index (χ2n) is 6.16. The minimum absolute atomic E-state index is 0. The van der Waals surface area contributed by atoms with Crippen molar-refractivity contribution in [1.82, 2.24) is 15.2 Å². The molecule has 0 radical (unpaired) electrons. The van der Waals surface area contributed by atoms with E-state index < -0.39 is 0 Å². The van der Waals surface area contributed by atoms with Gasteiger partial charge in [-0.3, -0.25) is 4.99 Å². The lowest BCUT2D eigenvalue weighted by atomic mass is 10.0. The first-order valence-electron chi connectivity index (χ1n) is 8.56. The molecular weight excluding hydrogens is 425 g/mol. The van der Waals surface area contributed by atoms with Gasteiger partial charge in [-0.2, -0.15) is 0 Å². The van der Waals surface area contributed by atoms with Gasteiger partial charge in [-0.1, -0.05) is 32.0 Å². The van der Waals surface area contributed by atoms with Gasteiger partial charge in [0.1, 0.15) is 0 Å². The summed E-state index contributed by atoms with van der Waals surface area (Å²) in [6.45, 7) is 7.03. The number of aromatic nitrogens is 1. The molecule has 0 aliphatic heterocycles. The number of halogens is 1. The number of benzene rings is 1. The van der Waals surface area contributed by atoms with Crippen molar-refractivity contribution >= 4 is 35.6 Å². The van der Waals surface area contributed by atoms with E-state index in [0.717, 1.165) is 31.3 Å². The van der Waals surface area contributed by atoms with Crippen LogP contribution in [0.2, 0.25) is 0 Å². The second-order valence-corrected chi connectivity index (χ2v) is 6.16. The van der Waals surface area contributed by atoms with E-state index in [4.69, 9.17) is 0 Å². The highest BCUT2D eigenvalue weighted by atomic mass is 127. The molecule has 25 heavy (non-hydrogen) atoms. The first-order chi connectivity index (χ1) is 11.7. The Balaban J connectivity index is 0.00000312. The van der Waals surface area contributed by atoms with Crippen molar-refractivity contribution in [2.75, 3.05) is 25.5 Å². The molecule has 0 aliphatic rings. The summed E-state index contributed by atoms with van der Waals surface area (Å²) in [6, 6.07) is 14.7. The van der Waals surface area contributed by atoms with Gasteiger partial charge in [-0.15, -0.1) is 24.0 Å². The molecule has 1 aromatic carbocycles. The molecule has 138 valence electrons. The summed E-state index contributed by atoms with van der Waals surface area (Å²) in [5.41, 5.74) is 1.15. The van der Waals surface area contributed by atoms with Crippen molar-refractivity contribution in [2.45, 2.75) is 26.4 Å². The van der Waals surface area contributed by atoms with Crippen LogP contribution in [0, 0.1) is 5.92 Å². The van der Waals surface area contributed by atoms with Gasteiger partial charge in [0.15, 0.2) is 5.96 Å². The summed E-state index contributed by atoms with van der Waals surface area (Å²) in [6.07, 6.45) is 4.13. The maximum atomic E-state index is 4.30. The number of guanidine groups is 1. The normalized spacial score (nSPS) is 12.4. The third-order valence-electron chi connectivity index (χ3n) is 3.97. The van der Waals surface area contributed by atoms with Crippen LogP contribution in [0.15, 0.2) is 59.9 Å². The first kappa shape index (κ1) is 21.3. The third-order valence-corrected chi connectivity index (χ3v) is 3.97.